The quantitative estimate of drug-likeness (QED) is 0.479. The van der Waals surface area contributed by atoms with Crippen LogP contribution in [0.3, 0.4) is 0 Å². The van der Waals surface area contributed by atoms with Crippen molar-refractivity contribution in [1.82, 2.24) is 29.5 Å². The van der Waals surface area contributed by atoms with Gasteiger partial charge in [-0.25, -0.2) is 0 Å². The number of amides is 1. The minimum atomic E-state index is -0.107. The van der Waals surface area contributed by atoms with Crippen LogP contribution in [0.4, 0.5) is 5.69 Å². The molecule has 0 aliphatic heterocycles. The summed E-state index contributed by atoms with van der Waals surface area (Å²) < 4.78 is 4.11. The molecule has 2 aromatic heterocycles. The lowest BCUT2D eigenvalue weighted by atomic mass is 10.1. The third-order valence-corrected chi connectivity index (χ3v) is 4.76. The van der Waals surface area contributed by atoms with Gasteiger partial charge in [-0.2, -0.15) is 5.10 Å². The van der Waals surface area contributed by atoms with Crippen LogP contribution >= 0.6 is 12.2 Å². The first-order valence-electron chi connectivity index (χ1n) is 9.07. The molecule has 1 amide bonds. The van der Waals surface area contributed by atoms with Gasteiger partial charge in [-0.05, 0) is 43.4 Å². The number of aryl methyl sites for hydroxylation is 1. The summed E-state index contributed by atoms with van der Waals surface area (Å²) in [7, 11) is 0. The van der Waals surface area contributed by atoms with Gasteiger partial charge in [0.25, 0.3) is 0 Å². The number of nitrogens with one attached hydrogen (secondary N) is 2. The predicted molar refractivity (Wildman–Crippen MR) is 112 cm³/mol. The van der Waals surface area contributed by atoms with Crippen molar-refractivity contribution in [3.05, 3.63) is 71.5 Å². The van der Waals surface area contributed by atoms with Crippen molar-refractivity contribution in [2.45, 2.75) is 19.9 Å². The Kier molecular flexibility index (Phi) is 5.30. The highest BCUT2D eigenvalue weighted by molar-refractivity contribution is 7.71. The van der Waals surface area contributed by atoms with Crippen molar-refractivity contribution >= 4 is 23.8 Å². The molecule has 8 nitrogen and oxygen atoms in total. The largest absolute Gasteiger partial charge is 0.326 e. The minimum absolute atomic E-state index is 0.107. The zero-order valence-electron chi connectivity index (χ0n) is 15.7. The van der Waals surface area contributed by atoms with Crippen LogP contribution < -0.4 is 5.32 Å². The Morgan fingerprint density at radius 3 is 2.72 bits per heavy atom. The Bertz CT molecular complexity index is 1190. The van der Waals surface area contributed by atoms with Crippen LogP contribution in [0, 0.1) is 11.7 Å². The van der Waals surface area contributed by atoms with Gasteiger partial charge in [0, 0.05) is 24.2 Å². The third-order valence-electron chi connectivity index (χ3n) is 4.44. The summed E-state index contributed by atoms with van der Waals surface area (Å²) in [5.74, 6) is 0.616. The topological polar surface area (TPSA) is 93.4 Å². The van der Waals surface area contributed by atoms with Gasteiger partial charge in [-0.15, -0.1) is 10.2 Å². The van der Waals surface area contributed by atoms with E-state index in [0.29, 0.717) is 17.0 Å². The minimum Gasteiger partial charge on any atom is -0.326 e. The summed E-state index contributed by atoms with van der Waals surface area (Å²) in [5, 5.41) is 17.7. The lowest BCUT2D eigenvalue weighted by Crippen LogP contribution is -2.15. The average Bonchev–Trinajstić information content (AvgIpc) is 3.37. The molecule has 2 aromatic carbocycles. The Morgan fingerprint density at radius 1 is 1.14 bits per heavy atom. The van der Waals surface area contributed by atoms with E-state index in [9.17, 15) is 4.79 Å². The molecule has 2 N–H and O–H groups in total. The maximum Gasteiger partial charge on any atom is 0.226 e. The molecule has 4 aromatic rings. The number of carbonyl (C=O) groups is 1. The fourth-order valence-electron chi connectivity index (χ4n) is 3.04. The van der Waals surface area contributed by atoms with E-state index in [4.69, 9.17) is 12.2 Å². The number of benzene rings is 2. The molecule has 0 unspecified atom stereocenters. The van der Waals surface area contributed by atoms with Gasteiger partial charge in [0.1, 0.15) is 12.7 Å². The molecule has 2 heterocycles. The fourth-order valence-corrected chi connectivity index (χ4v) is 3.27. The fraction of sp³-hybridized carbons (Fsp3) is 0.150. The van der Waals surface area contributed by atoms with Crippen LogP contribution in [0.5, 0.6) is 0 Å². The molecule has 29 heavy (non-hydrogen) atoms. The number of hydrogen-bond acceptors (Lipinski definition) is 5. The lowest BCUT2D eigenvalue weighted by Gasteiger charge is -2.09. The predicted octanol–water partition coefficient (Wildman–Crippen LogP) is 3.53. The van der Waals surface area contributed by atoms with Gasteiger partial charge in [-0.3, -0.25) is 19.0 Å². The smallest absolute Gasteiger partial charge is 0.226 e. The summed E-state index contributed by atoms with van der Waals surface area (Å²) in [6, 6.07) is 15.5. The lowest BCUT2D eigenvalue weighted by molar-refractivity contribution is -0.116. The van der Waals surface area contributed by atoms with E-state index in [-0.39, 0.29) is 12.3 Å². The van der Waals surface area contributed by atoms with Crippen molar-refractivity contribution in [2.24, 2.45) is 0 Å². The first-order valence-corrected chi connectivity index (χ1v) is 9.48. The molecule has 0 saturated heterocycles. The molecule has 0 aliphatic carbocycles. The van der Waals surface area contributed by atoms with Crippen molar-refractivity contribution in [1.29, 1.82) is 0 Å². The maximum absolute atomic E-state index is 12.5. The standard InChI is InChI=1S/C20H19N7OS/c1-14-4-2-5-15(10-14)19-24-25-20(29)27(19)9-8-18(28)23-16-6-3-7-17(11-16)26-12-21-22-13-26/h2-7,10-13H,8-9H2,1H3,(H,23,28)(H,25,29). The van der Waals surface area contributed by atoms with E-state index in [1.165, 1.54) is 0 Å². The Morgan fingerprint density at radius 2 is 1.93 bits per heavy atom. The molecule has 4 rings (SSSR count). The number of anilines is 1. The molecule has 0 radical (unpaired) electrons. The summed E-state index contributed by atoms with van der Waals surface area (Å²) >= 11 is 5.35. The van der Waals surface area contributed by atoms with Gasteiger partial charge in [0.05, 0.1) is 5.69 Å². The van der Waals surface area contributed by atoms with E-state index in [1.807, 2.05) is 60.0 Å². The Balaban J connectivity index is 1.45. The van der Waals surface area contributed by atoms with Crippen molar-refractivity contribution < 1.29 is 4.79 Å². The SMILES string of the molecule is Cc1cccc(-c2n[nH]c(=S)n2CCC(=O)Nc2cccc(-n3cnnc3)c2)c1. The average molecular weight is 405 g/mol. The number of H-pyrrole nitrogens is 1. The van der Waals surface area contributed by atoms with Crippen molar-refractivity contribution in [2.75, 3.05) is 5.32 Å². The second-order valence-electron chi connectivity index (χ2n) is 6.59. The van der Waals surface area contributed by atoms with E-state index >= 15 is 0 Å². The van der Waals surface area contributed by atoms with E-state index in [1.54, 1.807) is 17.2 Å². The number of rotatable bonds is 6. The van der Waals surface area contributed by atoms with Crippen LogP contribution in [0.2, 0.25) is 0 Å². The molecular formula is C20H19N7OS. The van der Waals surface area contributed by atoms with Gasteiger partial charge >= 0.3 is 0 Å². The van der Waals surface area contributed by atoms with Crippen LogP contribution in [-0.2, 0) is 11.3 Å². The normalized spacial score (nSPS) is 10.8. The van der Waals surface area contributed by atoms with Gasteiger partial charge < -0.3 is 5.32 Å². The summed E-state index contributed by atoms with van der Waals surface area (Å²) in [6.07, 6.45) is 3.48. The maximum atomic E-state index is 12.5. The number of hydrogen-bond donors (Lipinski definition) is 2. The van der Waals surface area contributed by atoms with E-state index < -0.39 is 0 Å². The molecule has 146 valence electrons. The van der Waals surface area contributed by atoms with E-state index in [2.05, 4.69) is 25.7 Å². The molecule has 0 atom stereocenters. The van der Waals surface area contributed by atoms with Crippen molar-refractivity contribution in [3.8, 4) is 17.1 Å². The number of carbonyl (C=O) groups excluding carboxylic acids is 1. The van der Waals surface area contributed by atoms with E-state index in [0.717, 1.165) is 22.6 Å². The van der Waals surface area contributed by atoms with Gasteiger partial charge in [0.2, 0.25) is 5.91 Å². The Labute approximate surface area is 172 Å². The Hall–Kier alpha value is -3.59. The molecule has 0 saturated carbocycles. The van der Waals surface area contributed by atoms with Crippen LogP contribution in [0.15, 0.2) is 61.2 Å². The zero-order chi connectivity index (χ0) is 20.2. The molecule has 9 heteroatoms. The molecule has 0 spiro atoms. The second-order valence-corrected chi connectivity index (χ2v) is 6.98. The summed E-state index contributed by atoms with van der Waals surface area (Å²) in [4.78, 5) is 12.5. The highest BCUT2D eigenvalue weighted by atomic mass is 32.1. The van der Waals surface area contributed by atoms with Gasteiger partial charge in [-0.1, -0.05) is 29.8 Å². The number of aromatic amines is 1. The number of nitrogens with zero attached hydrogens (tertiary/aromatic N) is 5. The zero-order valence-corrected chi connectivity index (χ0v) is 16.6. The second kappa shape index (κ2) is 8.19. The first kappa shape index (κ1) is 18.8. The van der Waals surface area contributed by atoms with Crippen LogP contribution in [0.1, 0.15) is 12.0 Å². The monoisotopic (exact) mass is 405 g/mol. The van der Waals surface area contributed by atoms with Crippen molar-refractivity contribution in [3.63, 3.8) is 0 Å². The summed E-state index contributed by atoms with van der Waals surface area (Å²) in [5.41, 5.74) is 3.66. The number of aromatic nitrogens is 6. The van der Waals surface area contributed by atoms with Gasteiger partial charge in [0.15, 0.2) is 10.6 Å². The summed E-state index contributed by atoms with van der Waals surface area (Å²) in [6.45, 7) is 2.45. The molecule has 0 aliphatic rings. The van der Waals surface area contributed by atoms with Crippen LogP contribution in [-0.4, -0.2) is 35.4 Å². The highest BCUT2D eigenvalue weighted by Crippen LogP contribution is 2.19. The molecule has 0 fully saturated rings. The highest BCUT2D eigenvalue weighted by Gasteiger charge is 2.11. The molecule has 0 bridgehead atoms. The molecular weight excluding hydrogens is 386 g/mol. The third kappa shape index (κ3) is 4.30. The first-order chi connectivity index (χ1) is 14.1. The van der Waals surface area contributed by atoms with Crippen LogP contribution in [0.25, 0.3) is 17.1 Å².